The van der Waals surface area contributed by atoms with E-state index < -0.39 is 0 Å². The van der Waals surface area contributed by atoms with Crippen LogP contribution in [0.25, 0.3) is 17.0 Å². The first-order valence-corrected chi connectivity index (χ1v) is 11.2. The van der Waals surface area contributed by atoms with Crippen molar-refractivity contribution in [2.75, 3.05) is 44.5 Å². The maximum atomic E-state index is 6.47. The Morgan fingerprint density at radius 2 is 2.03 bits per heavy atom. The zero-order valence-corrected chi connectivity index (χ0v) is 19.6. The number of nitrogens with one attached hydrogen (secondary N) is 1. The number of halogens is 1. The number of rotatable bonds is 6. The van der Waals surface area contributed by atoms with Crippen LogP contribution in [0.3, 0.4) is 0 Å². The third-order valence-corrected chi connectivity index (χ3v) is 6.37. The molecule has 1 aliphatic heterocycles. The van der Waals surface area contributed by atoms with Gasteiger partial charge >= 0.3 is 0 Å². The van der Waals surface area contributed by atoms with Gasteiger partial charge in [-0.3, -0.25) is 4.40 Å². The Morgan fingerprint density at radius 3 is 2.82 bits per heavy atom. The molecule has 3 aromatic heterocycles. The van der Waals surface area contributed by atoms with Gasteiger partial charge in [-0.1, -0.05) is 17.7 Å². The summed E-state index contributed by atoms with van der Waals surface area (Å²) in [5, 5.41) is 3.78. The number of nitrogens with zero attached hydrogens (tertiary/aromatic N) is 6. The quantitative estimate of drug-likeness (QED) is 0.456. The van der Waals surface area contributed by atoms with Crippen LogP contribution in [-0.4, -0.2) is 64.6 Å². The van der Waals surface area contributed by atoms with Gasteiger partial charge in [0.1, 0.15) is 17.1 Å². The summed E-state index contributed by atoms with van der Waals surface area (Å²) in [4.78, 5) is 18.2. The molecule has 0 unspecified atom stereocenters. The van der Waals surface area contributed by atoms with Crippen molar-refractivity contribution in [1.82, 2.24) is 24.3 Å². The fraction of sp³-hybridized carbons (Fsp3) is 0.292. The van der Waals surface area contributed by atoms with E-state index in [9.17, 15) is 0 Å². The minimum Gasteiger partial charge on any atom is -0.495 e. The van der Waals surface area contributed by atoms with Crippen LogP contribution in [0, 0.1) is 0 Å². The number of aromatic nitrogens is 4. The molecule has 1 fully saturated rings. The minimum atomic E-state index is 0.434. The summed E-state index contributed by atoms with van der Waals surface area (Å²) in [6, 6.07) is 12.5. The van der Waals surface area contributed by atoms with Crippen molar-refractivity contribution >= 4 is 34.6 Å². The van der Waals surface area contributed by atoms with E-state index in [1.807, 2.05) is 34.9 Å². The molecular formula is C24H26ClN7O. The highest BCUT2D eigenvalue weighted by Crippen LogP contribution is 2.34. The first kappa shape index (κ1) is 21.5. The van der Waals surface area contributed by atoms with E-state index in [1.54, 1.807) is 19.5 Å². The van der Waals surface area contributed by atoms with Gasteiger partial charge in [0.25, 0.3) is 0 Å². The largest absolute Gasteiger partial charge is 0.495 e. The van der Waals surface area contributed by atoms with E-state index in [0.717, 1.165) is 48.0 Å². The van der Waals surface area contributed by atoms with Crippen molar-refractivity contribution in [3.05, 3.63) is 60.0 Å². The second kappa shape index (κ2) is 8.88. The molecule has 5 rings (SSSR count). The van der Waals surface area contributed by atoms with Crippen LogP contribution in [-0.2, 0) is 0 Å². The van der Waals surface area contributed by atoms with Gasteiger partial charge in [0, 0.05) is 31.0 Å². The molecule has 4 aromatic rings. The van der Waals surface area contributed by atoms with Crippen molar-refractivity contribution in [3.8, 4) is 17.1 Å². The summed E-state index contributed by atoms with van der Waals surface area (Å²) >= 11 is 6.47. The number of likely N-dealkylation sites (N-methyl/N-ethyl adjacent to an activating group) is 1. The average Bonchev–Trinajstić information content (AvgIpc) is 3.48. The molecule has 0 amide bonds. The van der Waals surface area contributed by atoms with Gasteiger partial charge in [-0.2, -0.15) is 0 Å². The van der Waals surface area contributed by atoms with Crippen molar-refractivity contribution < 1.29 is 4.74 Å². The molecule has 0 bridgehead atoms. The summed E-state index contributed by atoms with van der Waals surface area (Å²) < 4.78 is 7.55. The van der Waals surface area contributed by atoms with Crippen LogP contribution in [0.15, 0.2) is 55.0 Å². The number of benzene rings is 1. The van der Waals surface area contributed by atoms with Crippen LogP contribution in [0.1, 0.15) is 6.42 Å². The first-order chi connectivity index (χ1) is 16.0. The number of imidazole rings is 1. The fourth-order valence-electron chi connectivity index (χ4n) is 4.22. The van der Waals surface area contributed by atoms with Crippen LogP contribution < -0.4 is 15.0 Å². The van der Waals surface area contributed by atoms with Gasteiger partial charge in [-0.15, -0.1) is 0 Å². The van der Waals surface area contributed by atoms with Crippen molar-refractivity contribution in [3.63, 3.8) is 0 Å². The Bertz CT molecular complexity index is 1290. The number of anilines is 3. The summed E-state index contributed by atoms with van der Waals surface area (Å²) in [5.41, 5.74) is 4.17. The molecule has 4 heterocycles. The molecule has 1 aromatic carbocycles. The van der Waals surface area contributed by atoms with E-state index in [2.05, 4.69) is 51.3 Å². The Labute approximate surface area is 197 Å². The molecule has 1 saturated heterocycles. The molecule has 1 N–H and O–H groups in total. The zero-order valence-electron chi connectivity index (χ0n) is 18.9. The highest BCUT2D eigenvalue weighted by atomic mass is 35.5. The summed E-state index contributed by atoms with van der Waals surface area (Å²) in [6.45, 7) is 2.01. The van der Waals surface area contributed by atoms with Crippen molar-refractivity contribution in [2.45, 2.75) is 12.5 Å². The molecule has 8 nitrogen and oxygen atoms in total. The fourth-order valence-corrected chi connectivity index (χ4v) is 4.41. The number of pyridine rings is 1. The van der Waals surface area contributed by atoms with Crippen LogP contribution in [0.2, 0.25) is 5.02 Å². The second-order valence-electron chi connectivity index (χ2n) is 8.32. The van der Waals surface area contributed by atoms with Crippen LogP contribution >= 0.6 is 11.6 Å². The lowest BCUT2D eigenvalue weighted by Crippen LogP contribution is -2.31. The first-order valence-electron chi connectivity index (χ1n) is 10.8. The van der Waals surface area contributed by atoms with E-state index in [-0.39, 0.29) is 0 Å². The maximum Gasteiger partial charge on any atom is 0.227 e. The third kappa shape index (κ3) is 4.19. The molecule has 0 saturated carbocycles. The molecule has 9 heteroatoms. The predicted molar refractivity (Wildman–Crippen MR) is 132 cm³/mol. The number of fused-ring (bicyclic) bond motifs is 1. The molecule has 1 aliphatic rings. The monoisotopic (exact) mass is 463 g/mol. The van der Waals surface area contributed by atoms with E-state index in [1.165, 1.54) is 0 Å². The number of hydrogen-bond acceptors (Lipinski definition) is 7. The molecule has 0 aliphatic carbocycles. The average molecular weight is 464 g/mol. The second-order valence-corrected chi connectivity index (χ2v) is 8.73. The van der Waals surface area contributed by atoms with E-state index in [0.29, 0.717) is 22.7 Å². The summed E-state index contributed by atoms with van der Waals surface area (Å²) in [6.07, 6.45) is 6.45. The number of ether oxygens (including phenoxy) is 1. The van der Waals surface area contributed by atoms with Gasteiger partial charge in [-0.05, 0) is 50.8 Å². The Balaban J connectivity index is 1.46. The lowest BCUT2D eigenvalue weighted by Gasteiger charge is -2.23. The Hall–Kier alpha value is -3.36. The van der Waals surface area contributed by atoms with Gasteiger partial charge in [0.2, 0.25) is 5.95 Å². The van der Waals surface area contributed by atoms with E-state index >= 15 is 0 Å². The third-order valence-electron chi connectivity index (χ3n) is 6.09. The van der Waals surface area contributed by atoms with Crippen molar-refractivity contribution in [1.29, 1.82) is 0 Å². The molecule has 33 heavy (non-hydrogen) atoms. The Morgan fingerprint density at radius 1 is 1.15 bits per heavy atom. The molecule has 0 radical (unpaired) electrons. The lowest BCUT2D eigenvalue weighted by molar-refractivity contribution is 0.315. The number of methoxy groups -OCH3 is 1. The summed E-state index contributed by atoms with van der Waals surface area (Å²) in [5.74, 6) is 1.15. The van der Waals surface area contributed by atoms with Gasteiger partial charge in [0.15, 0.2) is 0 Å². The highest BCUT2D eigenvalue weighted by Gasteiger charge is 2.25. The van der Waals surface area contributed by atoms with Crippen LogP contribution in [0.5, 0.6) is 5.75 Å². The van der Waals surface area contributed by atoms with Gasteiger partial charge in [0.05, 0.1) is 35.9 Å². The minimum absolute atomic E-state index is 0.434. The standard InChI is InChI=1S/C24H26ClN7O/c1-30(2)17-9-11-31(15-17)16-7-8-21(33-3)19(12-16)28-24-27-13-18(25)23(29-24)20-14-26-22-6-4-5-10-32(20)22/h4-8,10,12-14,17H,9,11,15H2,1-3H3,(H,27,28,29)/t17-/m1/s1. The lowest BCUT2D eigenvalue weighted by atomic mass is 10.2. The molecule has 1 atom stereocenters. The molecule has 170 valence electrons. The van der Waals surface area contributed by atoms with Crippen molar-refractivity contribution in [2.24, 2.45) is 0 Å². The SMILES string of the molecule is COc1ccc(N2CC[C@@H](N(C)C)C2)cc1Nc1ncc(Cl)c(-c2cnc3ccccn23)n1. The van der Waals surface area contributed by atoms with E-state index in [4.69, 9.17) is 21.3 Å². The Kier molecular flexibility index (Phi) is 5.78. The smallest absolute Gasteiger partial charge is 0.227 e. The van der Waals surface area contributed by atoms with Gasteiger partial charge in [-0.25, -0.2) is 15.0 Å². The molecule has 0 spiro atoms. The predicted octanol–water partition coefficient (Wildman–Crippen LogP) is 4.34. The highest BCUT2D eigenvalue weighted by molar-refractivity contribution is 6.32. The topological polar surface area (TPSA) is 70.8 Å². The normalized spacial score (nSPS) is 16.0. The van der Waals surface area contributed by atoms with Gasteiger partial charge < -0.3 is 19.9 Å². The molecular weight excluding hydrogens is 438 g/mol. The maximum absolute atomic E-state index is 6.47. The summed E-state index contributed by atoms with van der Waals surface area (Å²) in [7, 11) is 5.92. The zero-order chi connectivity index (χ0) is 22.9. The number of hydrogen-bond donors (Lipinski definition) is 1. The van der Waals surface area contributed by atoms with Crippen LogP contribution in [0.4, 0.5) is 17.3 Å².